The summed E-state index contributed by atoms with van der Waals surface area (Å²) in [7, 11) is 0. The zero-order chi connectivity index (χ0) is 20.6. The van der Waals surface area contributed by atoms with E-state index in [0.717, 1.165) is 31.2 Å². The molecule has 7 heteroatoms. The van der Waals surface area contributed by atoms with Crippen LogP contribution in [0.1, 0.15) is 49.9 Å². The number of aromatic amines is 1. The smallest absolute Gasteiger partial charge is 0.251 e. The second-order valence-electron chi connectivity index (χ2n) is 8.37. The summed E-state index contributed by atoms with van der Waals surface area (Å²) in [6.07, 6.45) is 6.27. The Morgan fingerprint density at radius 2 is 1.86 bits per heavy atom. The summed E-state index contributed by atoms with van der Waals surface area (Å²) < 4.78 is 13.8. The highest BCUT2D eigenvalue weighted by Gasteiger charge is 2.31. The third-order valence-electron chi connectivity index (χ3n) is 5.92. The molecule has 4 rings (SSSR count). The molecule has 0 atom stereocenters. The number of H-pyrrole nitrogens is 1. The van der Waals surface area contributed by atoms with Crippen molar-refractivity contribution in [3.05, 3.63) is 48.0 Å². The van der Waals surface area contributed by atoms with Crippen molar-refractivity contribution in [1.82, 2.24) is 20.5 Å². The lowest BCUT2D eigenvalue weighted by Crippen LogP contribution is -2.41. The molecule has 6 nitrogen and oxygen atoms in total. The Morgan fingerprint density at radius 1 is 1.17 bits per heavy atom. The van der Waals surface area contributed by atoms with Crippen LogP contribution in [-0.2, 0) is 0 Å². The first-order valence-electron chi connectivity index (χ1n) is 9.94. The minimum absolute atomic E-state index is 0.108. The van der Waals surface area contributed by atoms with Gasteiger partial charge in [0.05, 0.1) is 23.7 Å². The number of rotatable bonds is 4. The number of carbonyl (C=O) groups excluding carboxylic acids is 1. The molecule has 0 spiro atoms. The van der Waals surface area contributed by atoms with Crippen LogP contribution < -0.4 is 5.32 Å². The molecule has 3 N–H and O–H groups in total. The fourth-order valence-electron chi connectivity index (χ4n) is 4.13. The van der Waals surface area contributed by atoms with Gasteiger partial charge in [0.1, 0.15) is 5.52 Å². The van der Waals surface area contributed by atoms with Gasteiger partial charge in [-0.05, 0) is 57.6 Å². The fourth-order valence-corrected chi connectivity index (χ4v) is 4.13. The van der Waals surface area contributed by atoms with E-state index in [1.54, 1.807) is 18.3 Å². The Morgan fingerprint density at radius 3 is 2.52 bits per heavy atom. The standard InChI is InChI=1S/C22H25FN4O2/c1-22(2,29)15-7-9-16(10-8-15)26-21(28)14-5-3-13(4-6-14)19-17-11-25-27-20(17)18(23)12-24-19/h3-6,11-12,15-16,29H,7-10H2,1-2H3,(H,25,27)(H,26,28)/t15-,16-. The molecule has 1 aliphatic rings. The highest BCUT2D eigenvalue weighted by atomic mass is 19.1. The van der Waals surface area contributed by atoms with Gasteiger partial charge in [-0.1, -0.05) is 12.1 Å². The number of nitrogens with one attached hydrogen (secondary N) is 2. The number of fused-ring (bicyclic) bond motifs is 1. The minimum atomic E-state index is -0.667. The second kappa shape index (κ2) is 7.55. The molecule has 29 heavy (non-hydrogen) atoms. The van der Waals surface area contributed by atoms with Crippen molar-refractivity contribution >= 4 is 16.8 Å². The average molecular weight is 396 g/mol. The van der Waals surface area contributed by atoms with E-state index in [4.69, 9.17) is 0 Å². The van der Waals surface area contributed by atoms with Crippen LogP contribution >= 0.6 is 0 Å². The number of pyridine rings is 1. The van der Waals surface area contributed by atoms with Crippen LogP contribution in [0.5, 0.6) is 0 Å². The van der Waals surface area contributed by atoms with Crippen LogP contribution in [0.4, 0.5) is 4.39 Å². The topological polar surface area (TPSA) is 90.9 Å². The van der Waals surface area contributed by atoms with Gasteiger partial charge in [-0.2, -0.15) is 5.10 Å². The SMILES string of the molecule is CC(C)(O)[C@H]1CC[C@H](NC(=O)c2ccc(-c3ncc(F)c4[nH]ncc34)cc2)CC1. The first-order chi connectivity index (χ1) is 13.8. The molecule has 1 amide bonds. The van der Waals surface area contributed by atoms with E-state index in [9.17, 15) is 14.3 Å². The van der Waals surface area contributed by atoms with E-state index < -0.39 is 11.4 Å². The highest BCUT2D eigenvalue weighted by molar-refractivity contribution is 5.96. The van der Waals surface area contributed by atoms with Crippen LogP contribution in [-0.4, -0.2) is 37.8 Å². The number of hydrogen-bond acceptors (Lipinski definition) is 4. The van der Waals surface area contributed by atoms with Crippen LogP contribution in [0, 0.1) is 11.7 Å². The van der Waals surface area contributed by atoms with Crippen molar-refractivity contribution in [3.63, 3.8) is 0 Å². The predicted octanol–water partition coefficient (Wildman–Crippen LogP) is 3.82. The van der Waals surface area contributed by atoms with E-state index in [0.29, 0.717) is 22.2 Å². The lowest BCUT2D eigenvalue weighted by Gasteiger charge is -2.36. The maximum absolute atomic E-state index is 13.8. The number of halogens is 1. The molecule has 0 radical (unpaired) electrons. The van der Waals surface area contributed by atoms with Gasteiger partial charge in [0, 0.05) is 22.6 Å². The number of carbonyl (C=O) groups is 1. The summed E-state index contributed by atoms with van der Waals surface area (Å²) in [5.41, 5.74) is 1.63. The van der Waals surface area contributed by atoms with Crippen LogP contribution in [0.25, 0.3) is 22.2 Å². The summed E-state index contributed by atoms with van der Waals surface area (Å²) in [6.45, 7) is 3.71. The van der Waals surface area contributed by atoms with E-state index in [-0.39, 0.29) is 17.9 Å². The van der Waals surface area contributed by atoms with Gasteiger partial charge >= 0.3 is 0 Å². The van der Waals surface area contributed by atoms with Gasteiger partial charge in [-0.15, -0.1) is 0 Å². The number of benzene rings is 1. The van der Waals surface area contributed by atoms with E-state index in [2.05, 4.69) is 20.5 Å². The normalized spacial score (nSPS) is 20.0. The summed E-state index contributed by atoms with van der Waals surface area (Å²) in [5, 5.41) is 20.4. The Bertz CT molecular complexity index is 1020. The van der Waals surface area contributed by atoms with Gasteiger partial charge < -0.3 is 10.4 Å². The molecule has 0 saturated heterocycles. The van der Waals surface area contributed by atoms with E-state index in [1.807, 2.05) is 26.0 Å². The molecule has 2 aromatic heterocycles. The van der Waals surface area contributed by atoms with E-state index in [1.165, 1.54) is 6.20 Å². The number of aliphatic hydroxyl groups is 1. The Hall–Kier alpha value is -2.80. The van der Waals surface area contributed by atoms with Gasteiger partial charge in [-0.25, -0.2) is 4.39 Å². The molecule has 1 fully saturated rings. The maximum Gasteiger partial charge on any atom is 0.251 e. The molecule has 2 heterocycles. The lowest BCUT2D eigenvalue weighted by atomic mass is 9.77. The van der Waals surface area contributed by atoms with E-state index >= 15 is 0 Å². The molecule has 0 unspecified atom stereocenters. The number of aromatic nitrogens is 3. The average Bonchev–Trinajstić information content (AvgIpc) is 3.19. The van der Waals surface area contributed by atoms with Crippen LogP contribution in [0.2, 0.25) is 0 Å². The summed E-state index contributed by atoms with van der Waals surface area (Å²) >= 11 is 0. The molecule has 0 aliphatic heterocycles. The zero-order valence-electron chi connectivity index (χ0n) is 16.6. The number of nitrogens with zero attached hydrogens (tertiary/aromatic N) is 2. The van der Waals surface area contributed by atoms with Gasteiger partial charge in [0.15, 0.2) is 5.82 Å². The fraction of sp³-hybridized carbons (Fsp3) is 0.409. The number of amides is 1. The van der Waals surface area contributed by atoms with Crippen molar-refractivity contribution in [3.8, 4) is 11.3 Å². The first kappa shape index (κ1) is 19.5. The molecule has 1 saturated carbocycles. The third kappa shape index (κ3) is 4.00. The predicted molar refractivity (Wildman–Crippen MR) is 109 cm³/mol. The Balaban J connectivity index is 1.44. The first-order valence-corrected chi connectivity index (χ1v) is 9.94. The molecular weight excluding hydrogens is 371 g/mol. The summed E-state index contributed by atoms with van der Waals surface area (Å²) in [5.74, 6) is -0.279. The monoisotopic (exact) mass is 396 g/mol. The Kier molecular flexibility index (Phi) is 5.08. The van der Waals surface area contributed by atoms with Gasteiger partial charge in [0.25, 0.3) is 5.91 Å². The lowest BCUT2D eigenvalue weighted by molar-refractivity contribution is -0.00257. The van der Waals surface area contributed by atoms with Crippen molar-refractivity contribution in [1.29, 1.82) is 0 Å². The molecule has 1 aliphatic carbocycles. The van der Waals surface area contributed by atoms with Gasteiger partial charge in [0.2, 0.25) is 0 Å². The van der Waals surface area contributed by atoms with Crippen molar-refractivity contribution < 1.29 is 14.3 Å². The maximum atomic E-state index is 13.8. The second-order valence-corrected chi connectivity index (χ2v) is 8.37. The third-order valence-corrected chi connectivity index (χ3v) is 5.92. The molecule has 152 valence electrons. The van der Waals surface area contributed by atoms with Crippen LogP contribution in [0.3, 0.4) is 0 Å². The summed E-state index contributed by atoms with van der Waals surface area (Å²) in [6, 6.07) is 7.26. The molecule has 3 aromatic rings. The van der Waals surface area contributed by atoms with Crippen molar-refractivity contribution in [2.45, 2.75) is 51.2 Å². The Labute approximate surface area is 168 Å². The molecule has 0 bridgehead atoms. The van der Waals surface area contributed by atoms with Crippen molar-refractivity contribution in [2.75, 3.05) is 0 Å². The van der Waals surface area contributed by atoms with Crippen LogP contribution in [0.15, 0.2) is 36.7 Å². The highest BCUT2D eigenvalue weighted by Crippen LogP contribution is 2.32. The van der Waals surface area contributed by atoms with Crippen molar-refractivity contribution in [2.24, 2.45) is 5.92 Å². The molecular formula is C22H25FN4O2. The molecule has 1 aromatic carbocycles. The van der Waals surface area contributed by atoms with Gasteiger partial charge in [-0.3, -0.25) is 14.9 Å². The largest absolute Gasteiger partial charge is 0.390 e. The summed E-state index contributed by atoms with van der Waals surface area (Å²) in [4.78, 5) is 16.8. The quantitative estimate of drug-likeness (QED) is 0.625. The zero-order valence-corrected chi connectivity index (χ0v) is 16.6. The number of hydrogen-bond donors (Lipinski definition) is 3. The minimum Gasteiger partial charge on any atom is -0.390 e.